The minimum absolute atomic E-state index is 0.0967. The van der Waals surface area contributed by atoms with E-state index in [0.29, 0.717) is 11.1 Å². The first kappa shape index (κ1) is 3.66. The normalized spacial score (nSPS) is 17.6. The Hall–Kier alpha value is -1.44. The summed E-state index contributed by atoms with van der Waals surface area (Å²) >= 11 is 0. The van der Waals surface area contributed by atoms with E-state index in [9.17, 15) is 4.79 Å². The van der Waals surface area contributed by atoms with Crippen LogP contribution in [0.5, 0.6) is 0 Å². The van der Waals surface area contributed by atoms with Crippen molar-refractivity contribution in [3.63, 3.8) is 0 Å². The van der Waals surface area contributed by atoms with Gasteiger partial charge in [-0.3, -0.25) is 4.79 Å². The summed E-state index contributed by atoms with van der Waals surface area (Å²) in [5.74, 6) is -0.413. The molecule has 10 heavy (non-hydrogen) atoms. The molecule has 0 atom stereocenters. The van der Waals surface area contributed by atoms with Crippen molar-refractivity contribution >= 4 is 12.1 Å². The third kappa shape index (κ3) is 0.589. The quantitative estimate of drug-likeness (QED) is 0.523. The molecule has 2 nitrogen and oxygen atoms in total. The number of hydrogen-bond donors (Lipinski definition) is 0. The number of aliphatic imine (C=N–C) groups is 1. The van der Waals surface area contributed by atoms with Gasteiger partial charge >= 0.3 is 0 Å². The van der Waals surface area contributed by atoms with Crippen molar-refractivity contribution < 1.29 is 7.54 Å². The van der Waals surface area contributed by atoms with Crippen LogP contribution >= 0.6 is 0 Å². The summed E-state index contributed by atoms with van der Waals surface area (Å²) < 4.78 is 14.7. The SMILES string of the molecule is [2H]C1=NC(=O)c2cccc([2H])c21. The molecule has 0 radical (unpaired) electrons. The molecular weight excluding hydrogens is 126 g/mol. The molecule has 48 valence electrons. The molecule has 2 heteroatoms. The second-order valence-corrected chi connectivity index (χ2v) is 1.99. The molecule has 1 aromatic rings. The number of hydrogen-bond acceptors (Lipinski definition) is 1. The van der Waals surface area contributed by atoms with Gasteiger partial charge in [-0.2, -0.15) is 0 Å². The fraction of sp³-hybridized carbons (Fsp3) is 0. The minimum atomic E-state index is -0.413. The van der Waals surface area contributed by atoms with Gasteiger partial charge in [0.2, 0.25) is 0 Å². The molecular formula is C8H5NO. The van der Waals surface area contributed by atoms with Crippen molar-refractivity contribution in [3.05, 3.63) is 35.4 Å². The van der Waals surface area contributed by atoms with Gasteiger partial charge in [0.25, 0.3) is 5.91 Å². The predicted molar refractivity (Wildman–Crippen MR) is 38.4 cm³/mol. The van der Waals surface area contributed by atoms with Crippen LogP contribution in [0.3, 0.4) is 0 Å². The zero-order chi connectivity index (χ0) is 8.72. The second kappa shape index (κ2) is 1.77. The Morgan fingerprint density at radius 1 is 1.50 bits per heavy atom. The number of carbonyl (C=O) groups excluding carboxylic acids is 1. The van der Waals surface area contributed by atoms with E-state index < -0.39 is 5.91 Å². The van der Waals surface area contributed by atoms with Crippen molar-refractivity contribution in [1.29, 1.82) is 0 Å². The third-order valence-corrected chi connectivity index (χ3v) is 1.36. The highest BCUT2D eigenvalue weighted by atomic mass is 16.1. The fourth-order valence-corrected chi connectivity index (χ4v) is 0.874. The minimum Gasteiger partial charge on any atom is -0.267 e. The van der Waals surface area contributed by atoms with Crippen LogP contribution in [0.4, 0.5) is 0 Å². The molecule has 1 heterocycles. The van der Waals surface area contributed by atoms with Crippen LogP contribution in [0, 0.1) is 0 Å². The van der Waals surface area contributed by atoms with E-state index in [1.165, 1.54) is 0 Å². The molecule has 0 aliphatic carbocycles. The molecule has 1 aliphatic rings. The van der Waals surface area contributed by atoms with Gasteiger partial charge in [-0.25, -0.2) is 4.99 Å². The summed E-state index contributed by atoms with van der Waals surface area (Å²) in [6.07, 6.45) is -0.0967. The molecule has 2 rings (SSSR count). The number of nitrogens with zero attached hydrogens (tertiary/aromatic N) is 1. The maximum atomic E-state index is 11.0. The van der Waals surface area contributed by atoms with Gasteiger partial charge in [-0.05, 0) is 6.07 Å². The van der Waals surface area contributed by atoms with Gasteiger partial charge in [0.05, 0.1) is 8.30 Å². The molecule has 0 unspecified atom stereocenters. The lowest BCUT2D eigenvalue weighted by atomic mass is 10.1. The maximum absolute atomic E-state index is 11.0. The Kier molecular flexibility index (Phi) is 0.648. The van der Waals surface area contributed by atoms with Crippen LogP contribution in [0.1, 0.15) is 18.7 Å². The van der Waals surface area contributed by atoms with Crippen LogP contribution in [-0.4, -0.2) is 12.1 Å². The van der Waals surface area contributed by atoms with Crippen molar-refractivity contribution in [2.45, 2.75) is 0 Å². The van der Waals surface area contributed by atoms with Gasteiger partial charge in [-0.1, -0.05) is 18.2 Å². The molecule has 0 saturated heterocycles. The largest absolute Gasteiger partial charge is 0.277 e. The van der Waals surface area contributed by atoms with E-state index in [4.69, 9.17) is 2.74 Å². The maximum Gasteiger partial charge on any atom is 0.277 e. The average Bonchev–Trinajstić information content (AvgIpc) is 2.29. The number of amides is 1. The average molecular weight is 133 g/mol. The van der Waals surface area contributed by atoms with Crippen LogP contribution in [-0.2, 0) is 0 Å². The Morgan fingerprint density at radius 2 is 2.40 bits per heavy atom. The standard InChI is InChI=1S/C8H5NO/c10-8-7-4-2-1-3-6(7)5-9-8/h1-5H/i3D,5D. The van der Waals surface area contributed by atoms with E-state index in [0.717, 1.165) is 0 Å². The number of rotatable bonds is 0. The fourth-order valence-electron chi connectivity index (χ4n) is 0.874. The van der Waals surface area contributed by atoms with E-state index in [1.54, 1.807) is 18.2 Å². The van der Waals surface area contributed by atoms with Crippen LogP contribution in [0.25, 0.3) is 0 Å². The van der Waals surface area contributed by atoms with Gasteiger partial charge in [0.1, 0.15) is 0 Å². The lowest BCUT2D eigenvalue weighted by molar-refractivity contribution is 0.101. The highest BCUT2D eigenvalue weighted by Gasteiger charge is 2.12. The Balaban J connectivity index is 2.77. The smallest absolute Gasteiger partial charge is 0.267 e. The molecule has 0 bridgehead atoms. The van der Waals surface area contributed by atoms with E-state index in [-0.39, 0.29) is 12.2 Å². The lowest BCUT2D eigenvalue weighted by Crippen LogP contribution is -1.89. The van der Waals surface area contributed by atoms with Crippen LogP contribution in [0.15, 0.2) is 29.2 Å². The first-order chi connectivity index (χ1) is 5.70. The second-order valence-electron chi connectivity index (χ2n) is 1.99. The van der Waals surface area contributed by atoms with Gasteiger partial charge in [-0.15, -0.1) is 0 Å². The summed E-state index contributed by atoms with van der Waals surface area (Å²) in [6, 6.07) is 4.93. The molecule has 1 aliphatic heterocycles. The predicted octanol–water partition coefficient (Wildman–Crippen LogP) is 1.26. The van der Waals surface area contributed by atoms with Crippen molar-refractivity contribution in [2.75, 3.05) is 0 Å². The lowest BCUT2D eigenvalue weighted by Gasteiger charge is -1.89. The Morgan fingerprint density at radius 3 is 3.20 bits per heavy atom. The first-order valence-electron chi connectivity index (χ1n) is 3.90. The molecule has 0 fully saturated rings. The molecule has 0 N–H and O–H groups in total. The zero-order valence-corrected chi connectivity index (χ0v) is 5.09. The molecule has 1 amide bonds. The number of benzene rings is 1. The number of carbonyl (C=O) groups is 1. The van der Waals surface area contributed by atoms with Crippen molar-refractivity contribution in [1.82, 2.24) is 0 Å². The topological polar surface area (TPSA) is 29.4 Å². The highest BCUT2D eigenvalue weighted by Crippen LogP contribution is 2.12. The van der Waals surface area contributed by atoms with Crippen LogP contribution < -0.4 is 0 Å². The van der Waals surface area contributed by atoms with Crippen LogP contribution in [0.2, 0.25) is 0 Å². The molecule has 0 aromatic heterocycles. The van der Waals surface area contributed by atoms with E-state index in [1.807, 2.05) is 0 Å². The van der Waals surface area contributed by atoms with E-state index >= 15 is 0 Å². The monoisotopic (exact) mass is 133 g/mol. The molecule has 0 saturated carbocycles. The summed E-state index contributed by atoms with van der Waals surface area (Å²) in [5.41, 5.74) is 0.718. The van der Waals surface area contributed by atoms with Gasteiger partial charge in [0.15, 0.2) is 0 Å². The Labute approximate surface area is 61.0 Å². The highest BCUT2D eigenvalue weighted by molar-refractivity contribution is 6.12. The third-order valence-electron chi connectivity index (χ3n) is 1.36. The summed E-state index contributed by atoms with van der Waals surface area (Å²) in [6.45, 7) is 0. The van der Waals surface area contributed by atoms with Crippen molar-refractivity contribution in [3.8, 4) is 0 Å². The zero-order valence-electron chi connectivity index (χ0n) is 7.09. The van der Waals surface area contributed by atoms with Gasteiger partial charge in [0, 0.05) is 11.8 Å². The molecule has 1 aromatic carbocycles. The number of fused-ring (bicyclic) bond motifs is 1. The molecule has 0 spiro atoms. The van der Waals surface area contributed by atoms with E-state index in [2.05, 4.69) is 4.99 Å². The summed E-state index contributed by atoms with van der Waals surface area (Å²) in [7, 11) is 0. The summed E-state index contributed by atoms with van der Waals surface area (Å²) in [5, 5.41) is 0. The van der Waals surface area contributed by atoms with Crippen molar-refractivity contribution in [2.24, 2.45) is 4.99 Å². The first-order valence-corrected chi connectivity index (χ1v) is 2.90. The Bertz CT molecular complexity index is 398. The summed E-state index contributed by atoms with van der Waals surface area (Å²) in [4.78, 5) is 14.5. The van der Waals surface area contributed by atoms with Gasteiger partial charge < -0.3 is 0 Å².